The SMILES string of the molecule is CNC(=O)C1=CC[C@@]23CC[C@@H]([C@@](C)(/C=C/C=C(\C)C(=O)O)OC2=O)[C@@]3(OC(C)=O)CC1. The predicted molar refractivity (Wildman–Crippen MR) is 111 cm³/mol. The van der Waals surface area contributed by atoms with Crippen LogP contribution in [0.15, 0.2) is 35.5 Å². The molecule has 3 rings (SSSR count). The van der Waals surface area contributed by atoms with Gasteiger partial charge >= 0.3 is 17.9 Å². The van der Waals surface area contributed by atoms with Gasteiger partial charge in [0, 0.05) is 31.0 Å². The second-order valence-corrected chi connectivity index (χ2v) is 8.76. The maximum Gasteiger partial charge on any atom is 0.331 e. The molecule has 1 saturated heterocycles. The number of likely N-dealkylation sites (N-methyl/N-ethyl adjacent to an activating group) is 1. The van der Waals surface area contributed by atoms with Gasteiger partial charge in [0.15, 0.2) is 0 Å². The summed E-state index contributed by atoms with van der Waals surface area (Å²) in [5.41, 5.74) is -2.52. The smallest absolute Gasteiger partial charge is 0.331 e. The summed E-state index contributed by atoms with van der Waals surface area (Å²) < 4.78 is 11.9. The molecular weight excluding hydrogens is 402 g/mol. The van der Waals surface area contributed by atoms with Crippen molar-refractivity contribution in [3.05, 3.63) is 35.5 Å². The van der Waals surface area contributed by atoms with Crippen LogP contribution < -0.4 is 5.32 Å². The van der Waals surface area contributed by atoms with Crippen molar-refractivity contribution in [2.45, 2.75) is 64.1 Å². The number of allylic oxidation sites excluding steroid dienone is 3. The number of carboxylic acids is 1. The highest BCUT2D eigenvalue weighted by Gasteiger charge is 2.74. The lowest BCUT2D eigenvalue weighted by Crippen LogP contribution is -2.65. The highest BCUT2D eigenvalue weighted by Crippen LogP contribution is 2.65. The van der Waals surface area contributed by atoms with Crippen LogP contribution in [0, 0.1) is 11.3 Å². The number of esters is 2. The Hall–Kier alpha value is -2.90. The second kappa shape index (κ2) is 7.98. The van der Waals surface area contributed by atoms with Crippen LogP contribution in [-0.2, 0) is 28.7 Å². The number of cyclic esters (lactones) is 1. The molecule has 2 N–H and O–H groups in total. The van der Waals surface area contributed by atoms with Crippen molar-refractivity contribution in [3.8, 4) is 0 Å². The van der Waals surface area contributed by atoms with Gasteiger partial charge in [-0.05, 0) is 52.0 Å². The number of nitrogens with one attached hydrogen (secondary N) is 1. The fourth-order valence-corrected chi connectivity index (χ4v) is 5.50. The molecule has 1 saturated carbocycles. The Morgan fingerprint density at radius 1 is 1.29 bits per heavy atom. The van der Waals surface area contributed by atoms with Crippen LogP contribution in [0.2, 0.25) is 0 Å². The van der Waals surface area contributed by atoms with Crippen molar-refractivity contribution >= 4 is 23.8 Å². The van der Waals surface area contributed by atoms with Crippen LogP contribution in [0.25, 0.3) is 0 Å². The quantitative estimate of drug-likeness (QED) is 0.390. The first kappa shape index (κ1) is 22.8. The minimum atomic E-state index is -1.11. The fourth-order valence-electron chi connectivity index (χ4n) is 5.50. The Bertz CT molecular complexity index is 917. The van der Waals surface area contributed by atoms with Crippen molar-refractivity contribution < 1.29 is 33.8 Å². The zero-order valence-electron chi connectivity index (χ0n) is 18.3. The molecule has 0 aromatic heterocycles. The largest absolute Gasteiger partial charge is 0.478 e. The van der Waals surface area contributed by atoms with E-state index in [4.69, 9.17) is 14.6 Å². The van der Waals surface area contributed by atoms with E-state index in [1.165, 1.54) is 19.9 Å². The predicted octanol–water partition coefficient (Wildman–Crippen LogP) is 2.44. The summed E-state index contributed by atoms with van der Waals surface area (Å²) in [4.78, 5) is 48.9. The second-order valence-electron chi connectivity index (χ2n) is 8.76. The molecule has 0 aromatic carbocycles. The molecule has 1 aliphatic heterocycles. The minimum absolute atomic E-state index is 0.145. The van der Waals surface area contributed by atoms with Crippen LogP contribution in [0.3, 0.4) is 0 Å². The van der Waals surface area contributed by atoms with Gasteiger partial charge in [0.25, 0.3) is 0 Å². The van der Waals surface area contributed by atoms with E-state index in [1.54, 1.807) is 32.2 Å². The Labute approximate surface area is 181 Å². The summed E-state index contributed by atoms with van der Waals surface area (Å²) in [5.74, 6) is -2.52. The first-order chi connectivity index (χ1) is 14.5. The molecule has 1 amide bonds. The molecule has 0 unspecified atom stereocenters. The number of hydrogen-bond acceptors (Lipinski definition) is 6. The molecule has 3 aliphatic rings. The monoisotopic (exact) mass is 431 g/mol. The molecule has 0 aromatic rings. The van der Waals surface area contributed by atoms with E-state index in [9.17, 15) is 19.2 Å². The lowest BCUT2D eigenvalue weighted by molar-refractivity contribution is -0.235. The number of carbonyl (C=O) groups is 4. The molecule has 0 radical (unpaired) electrons. The van der Waals surface area contributed by atoms with E-state index in [0.29, 0.717) is 31.3 Å². The lowest BCUT2D eigenvalue weighted by atomic mass is 9.62. The molecule has 4 atom stereocenters. The molecule has 2 bridgehead atoms. The summed E-state index contributed by atoms with van der Waals surface area (Å²) in [6.07, 6.45) is 8.49. The summed E-state index contributed by atoms with van der Waals surface area (Å²) in [7, 11) is 1.55. The zero-order chi connectivity index (χ0) is 23.0. The number of carboxylic acid groups (broad SMARTS) is 1. The Kier molecular flexibility index (Phi) is 5.86. The van der Waals surface area contributed by atoms with Crippen molar-refractivity contribution in [1.29, 1.82) is 0 Å². The van der Waals surface area contributed by atoms with E-state index < -0.39 is 34.5 Å². The normalized spacial score (nSPS) is 35.0. The molecule has 2 aliphatic carbocycles. The summed E-state index contributed by atoms with van der Waals surface area (Å²) in [5, 5.41) is 11.7. The molecule has 8 heteroatoms. The molecule has 8 nitrogen and oxygen atoms in total. The van der Waals surface area contributed by atoms with Crippen molar-refractivity contribution in [2.24, 2.45) is 11.3 Å². The number of carbonyl (C=O) groups excluding carboxylic acids is 3. The van der Waals surface area contributed by atoms with Crippen LogP contribution in [0.5, 0.6) is 0 Å². The van der Waals surface area contributed by atoms with E-state index in [2.05, 4.69) is 5.32 Å². The fraction of sp³-hybridized carbons (Fsp3) is 0.565. The van der Waals surface area contributed by atoms with Gasteiger partial charge < -0.3 is 19.9 Å². The van der Waals surface area contributed by atoms with E-state index in [0.717, 1.165) is 0 Å². The van der Waals surface area contributed by atoms with Crippen molar-refractivity contribution in [2.75, 3.05) is 7.05 Å². The van der Waals surface area contributed by atoms with Crippen LogP contribution in [0.4, 0.5) is 0 Å². The minimum Gasteiger partial charge on any atom is -0.478 e. The molecule has 31 heavy (non-hydrogen) atoms. The number of rotatable bonds is 5. The maximum absolute atomic E-state index is 13.4. The van der Waals surface area contributed by atoms with E-state index in [-0.39, 0.29) is 23.8 Å². The van der Waals surface area contributed by atoms with Crippen LogP contribution in [0.1, 0.15) is 52.9 Å². The third-order valence-corrected chi connectivity index (χ3v) is 7.05. The Morgan fingerprint density at radius 2 is 2.00 bits per heavy atom. The lowest BCUT2D eigenvalue weighted by Gasteiger charge is -2.54. The highest BCUT2D eigenvalue weighted by molar-refractivity contribution is 5.93. The van der Waals surface area contributed by atoms with Gasteiger partial charge in [0.1, 0.15) is 16.6 Å². The van der Waals surface area contributed by atoms with Gasteiger partial charge in [-0.2, -0.15) is 0 Å². The van der Waals surface area contributed by atoms with Gasteiger partial charge in [-0.3, -0.25) is 14.4 Å². The molecule has 0 spiro atoms. The van der Waals surface area contributed by atoms with Gasteiger partial charge in [-0.25, -0.2) is 4.79 Å². The average molecular weight is 431 g/mol. The number of amides is 1. The molecular formula is C23H29NO7. The summed E-state index contributed by atoms with van der Waals surface area (Å²) in [6, 6.07) is 0. The molecule has 1 heterocycles. The van der Waals surface area contributed by atoms with Gasteiger partial charge in [-0.15, -0.1) is 0 Å². The third-order valence-electron chi connectivity index (χ3n) is 7.05. The Morgan fingerprint density at radius 3 is 2.61 bits per heavy atom. The molecule has 168 valence electrons. The number of aliphatic carboxylic acids is 1. The molecule has 2 fully saturated rings. The third kappa shape index (κ3) is 3.58. The Balaban J connectivity index is 2.07. The van der Waals surface area contributed by atoms with Crippen LogP contribution in [-0.4, -0.2) is 47.2 Å². The average Bonchev–Trinajstić information content (AvgIpc) is 2.84. The topological polar surface area (TPSA) is 119 Å². The van der Waals surface area contributed by atoms with Gasteiger partial charge in [0.2, 0.25) is 5.91 Å². The standard InChI is InChI=1S/C23H29NO7/c1-14(19(27)28)6-5-10-21(3)17-9-12-22(20(29)31-21)11-7-16(18(26)24-4)8-13-23(17,22)30-15(2)25/h5-7,10,17H,8-9,11-13H2,1-4H3,(H,24,26)(H,27,28)/b10-5+,14-6+/t17-,21+,22+,23-/m0/s1. The number of ether oxygens (including phenoxy) is 2. The first-order valence-electron chi connectivity index (χ1n) is 10.4. The first-order valence-corrected chi connectivity index (χ1v) is 10.4. The van der Waals surface area contributed by atoms with Crippen LogP contribution >= 0.6 is 0 Å². The van der Waals surface area contributed by atoms with Crippen molar-refractivity contribution in [1.82, 2.24) is 5.32 Å². The summed E-state index contributed by atoms with van der Waals surface area (Å²) in [6.45, 7) is 4.56. The van der Waals surface area contributed by atoms with E-state index in [1.807, 2.05) is 0 Å². The highest BCUT2D eigenvalue weighted by atomic mass is 16.6. The summed E-state index contributed by atoms with van der Waals surface area (Å²) >= 11 is 0. The van der Waals surface area contributed by atoms with Gasteiger partial charge in [-0.1, -0.05) is 18.2 Å². The zero-order valence-corrected chi connectivity index (χ0v) is 18.3. The van der Waals surface area contributed by atoms with E-state index >= 15 is 0 Å². The van der Waals surface area contributed by atoms with Crippen molar-refractivity contribution in [3.63, 3.8) is 0 Å². The number of hydrogen-bond donors (Lipinski definition) is 2. The maximum atomic E-state index is 13.4. The van der Waals surface area contributed by atoms with Gasteiger partial charge in [0.05, 0.1) is 0 Å².